The molecule has 1 saturated carbocycles. The summed E-state index contributed by atoms with van der Waals surface area (Å²) in [4.78, 5) is 0. The first-order chi connectivity index (χ1) is 11.5. The molecule has 4 nitrogen and oxygen atoms in total. The molecule has 6 heteroatoms. The number of halogens is 1. The van der Waals surface area contributed by atoms with Gasteiger partial charge in [-0.1, -0.05) is 43.7 Å². The number of allylic oxidation sites excluding steroid dienone is 2. The fourth-order valence-electron chi connectivity index (χ4n) is 3.88. The van der Waals surface area contributed by atoms with E-state index < -0.39 is 0 Å². The first kappa shape index (κ1) is 15.8. The Morgan fingerprint density at radius 3 is 2.92 bits per heavy atom. The Morgan fingerprint density at radius 2 is 2.21 bits per heavy atom. The maximum Gasteiger partial charge on any atom is 0.216 e. The van der Waals surface area contributed by atoms with Crippen LogP contribution in [-0.2, 0) is 0 Å². The number of hydrogen-bond donors (Lipinski definition) is 1. The molecule has 1 aromatic heterocycles. The summed E-state index contributed by atoms with van der Waals surface area (Å²) in [7, 11) is 0. The molecule has 0 radical (unpaired) electrons. The van der Waals surface area contributed by atoms with E-state index in [1.807, 2.05) is 30.5 Å². The van der Waals surface area contributed by atoms with Crippen LogP contribution >= 0.6 is 23.8 Å². The van der Waals surface area contributed by atoms with Crippen molar-refractivity contribution in [1.29, 1.82) is 0 Å². The van der Waals surface area contributed by atoms with Crippen LogP contribution < -0.4 is 0 Å². The van der Waals surface area contributed by atoms with Crippen molar-refractivity contribution in [2.45, 2.75) is 26.7 Å². The van der Waals surface area contributed by atoms with Gasteiger partial charge >= 0.3 is 0 Å². The molecule has 0 spiro atoms. The van der Waals surface area contributed by atoms with Crippen molar-refractivity contribution in [1.82, 2.24) is 14.9 Å². The largest absolute Gasteiger partial charge is 0.250 e. The maximum atomic E-state index is 6.29. The highest BCUT2D eigenvalue weighted by Crippen LogP contribution is 2.58. The molecule has 1 fully saturated rings. The van der Waals surface area contributed by atoms with E-state index in [4.69, 9.17) is 23.8 Å². The van der Waals surface area contributed by atoms with Gasteiger partial charge in [-0.15, -0.1) is 0 Å². The normalized spacial score (nSPS) is 24.7. The van der Waals surface area contributed by atoms with E-state index in [1.54, 1.807) is 4.68 Å². The highest BCUT2D eigenvalue weighted by molar-refractivity contribution is 7.71. The molecule has 3 aliphatic carbocycles. The van der Waals surface area contributed by atoms with Crippen LogP contribution in [0.15, 0.2) is 41.0 Å². The van der Waals surface area contributed by atoms with E-state index in [1.165, 1.54) is 12.0 Å². The van der Waals surface area contributed by atoms with Crippen molar-refractivity contribution in [3.8, 4) is 11.4 Å². The van der Waals surface area contributed by atoms with E-state index >= 15 is 0 Å². The second-order valence-corrected chi connectivity index (χ2v) is 7.93. The lowest BCUT2D eigenvalue weighted by atomic mass is 9.49. The van der Waals surface area contributed by atoms with Crippen LogP contribution in [0.1, 0.15) is 26.7 Å². The van der Waals surface area contributed by atoms with Gasteiger partial charge in [0.15, 0.2) is 5.82 Å². The van der Waals surface area contributed by atoms with Gasteiger partial charge in [-0.05, 0) is 60.0 Å². The van der Waals surface area contributed by atoms with Crippen LogP contribution in [0.3, 0.4) is 0 Å². The Labute approximate surface area is 151 Å². The Hall–Kier alpha value is -1.72. The third-order valence-corrected chi connectivity index (χ3v) is 6.19. The van der Waals surface area contributed by atoms with Crippen LogP contribution in [0.5, 0.6) is 0 Å². The zero-order chi connectivity index (χ0) is 16.9. The van der Waals surface area contributed by atoms with Crippen LogP contribution in [0, 0.1) is 22.0 Å². The molecule has 2 bridgehead atoms. The van der Waals surface area contributed by atoms with Gasteiger partial charge in [-0.25, -0.2) is 5.10 Å². The molecule has 124 valence electrons. The zero-order valence-electron chi connectivity index (χ0n) is 13.7. The second kappa shape index (κ2) is 5.67. The van der Waals surface area contributed by atoms with E-state index in [2.05, 4.69) is 35.2 Å². The monoisotopic (exact) mass is 358 g/mol. The summed E-state index contributed by atoms with van der Waals surface area (Å²) < 4.78 is 2.11. The number of aromatic amines is 1. The van der Waals surface area contributed by atoms with Gasteiger partial charge in [0, 0.05) is 5.56 Å². The summed E-state index contributed by atoms with van der Waals surface area (Å²) >= 11 is 11.6. The Balaban J connectivity index is 1.69. The predicted octanol–water partition coefficient (Wildman–Crippen LogP) is 5.09. The topological polar surface area (TPSA) is 46.0 Å². The minimum atomic E-state index is 0.375. The Kier molecular flexibility index (Phi) is 3.73. The maximum absolute atomic E-state index is 6.29. The summed E-state index contributed by atoms with van der Waals surface area (Å²) in [5, 5.41) is 12.4. The van der Waals surface area contributed by atoms with Crippen molar-refractivity contribution in [2.24, 2.45) is 22.4 Å². The fourth-order valence-corrected chi connectivity index (χ4v) is 4.28. The smallest absolute Gasteiger partial charge is 0.216 e. The lowest BCUT2D eigenvalue weighted by molar-refractivity contribution is -0.00126. The average molecular weight is 359 g/mol. The minimum Gasteiger partial charge on any atom is -0.250 e. The van der Waals surface area contributed by atoms with Gasteiger partial charge in [0.05, 0.1) is 11.2 Å². The number of H-pyrrole nitrogens is 1. The van der Waals surface area contributed by atoms with Gasteiger partial charge in [0.2, 0.25) is 4.77 Å². The van der Waals surface area contributed by atoms with Gasteiger partial charge in [0.25, 0.3) is 0 Å². The lowest BCUT2D eigenvalue weighted by Crippen LogP contribution is -2.48. The molecular weight excluding hydrogens is 340 g/mol. The molecule has 0 saturated heterocycles. The average Bonchev–Trinajstić information content (AvgIpc) is 2.94. The van der Waals surface area contributed by atoms with Crippen LogP contribution in [0.2, 0.25) is 5.02 Å². The first-order valence-corrected chi connectivity index (χ1v) is 8.94. The standard InChI is InChI=1S/C18H19ClN4S/c1-18(2)12-8-7-11(14(18)9-12)10-20-23-16(21-22-17(23)24)13-5-3-4-6-15(13)19/h3-7,10,12,14H,8-9H2,1-2H3,(H,22,24)/b20-10-/t12-,14-/m1/s1. The highest BCUT2D eigenvalue weighted by atomic mass is 35.5. The fraction of sp³-hybridized carbons (Fsp3) is 0.389. The summed E-state index contributed by atoms with van der Waals surface area (Å²) in [6.45, 7) is 4.71. The summed E-state index contributed by atoms with van der Waals surface area (Å²) in [5.41, 5.74) is 2.49. The number of benzene rings is 1. The lowest BCUT2D eigenvalue weighted by Gasteiger charge is -2.55. The molecule has 3 aliphatic rings. The number of aromatic nitrogens is 3. The molecule has 2 atom stereocenters. The van der Waals surface area contributed by atoms with Crippen molar-refractivity contribution in [3.63, 3.8) is 0 Å². The molecule has 2 aromatic rings. The van der Waals surface area contributed by atoms with E-state index in [9.17, 15) is 0 Å². The molecule has 1 N–H and O–H groups in total. The third kappa shape index (κ3) is 2.38. The number of nitrogens with zero attached hydrogens (tertiary/aromatic N) is 3. The van der Waals surface area contributed by atoms with Gasteiger partial charge in [0.1, 0.15) is 0 Å². The third-order valence-electron chi connectivity index (χ3n) is 5.60. The van der Waals surface area contributed by atoms with E-state index in [-0.39, 0.29) is 0 Å². The second-order valence-electron chi connectivity index (χ2n) is 7.13. The number of hydrogen-bond acceptors (Lipinski definition) is 3. The van der Waals surface area contributed by atoms with E-state index in [0.29, 0.717) is 27.0 Å². The molecule has 0 amide bonds. The predicted molar refractivity (Wildman–Crippen MR) is 99.8 cm³/mol. The van der Waals surface area contributed by atoms with Crippen LogP contribution in [-0.4, -0.2) is 21.1 Å². The quantitative estimate of drug-likeness (QED) is 0.613. The zero-order valence-corrected chi connectivity index (χ0v) is 15.2. The summed E-state index contributed by atoms with van der Waals surface area (Å²) in [5.74, 6) is 2.03. The van der Waals surface area contributed by atoms with Crippen molar-refractivity contribution in [2.75, 3.05) is 0 Å². The van der Waals surface area contributed by atoms with Gasteiger partial charge in [-0.3, -0.25) is 0 Å². The molecule has 5 rings (SSSR count). The molecule has 0 unspecified atom stereocenters. The number of rotatable bonds is 3. The number of fused-ring (bicyclic) bond motifs is 1. The minimum absolute atomic E-state index is 0.375. The van der Waals surface area contributed by atoms with Gasteiger partial charge < -0.3 is 0 Å². The van der Waals surface area contributed by atoms with Crippen molar-refractivity contribution in [3.05, 3.63) is 45.7 Å². The van der Waals surface area contributed by atoms with E-state index in [0.717, 1.165) is 17.9 Å². The summed E-state index contributed by atoms with van der Waals surface area (Å²) in [6, 6.07) is 7.57. The SMILES string of the molecule is CC1(C)[C@@H]2CC=C(/C=N\n3c(-c4ccccc4Cl)n[nH]c3=S)[C@H]1C2. The molecule has 0 aliphatic heterocycles. The van der Waals surface area contributed by atoms with Crippen LogP contribution in [0.25, 0.3) is 11.4 Å². The Morgan fingerprint density at radius 1 is 1.42 bits per heavy atom. The van der Waals surface area contributed by atoms with Crippen molar-refractivity contribution >= 4 is 30.0 Å². The molecule has 1 heterocycles. The van der Waals surface area contributed by atoms with Gasteiger partial charge in [-0.2, -0.15) is 14.9 Å². The van der Waals surface area contributed by atoms with Crippen LogP contribution in [0.4, 0.5) is 0 Å². The Bertz CT molecular complexity index is 906. The first-order valence-electron chi connectivity index (χ1n) is 8.15. The molecular formula is C18H19ClN4S. The number of nitrogens with one attached hydrogen (secondary N) is 1. The molecule has 1 aromatic carbocycles. The molecule has 24 heavy (non-hydrogen) atoms. The highest BCUT2D eigenvalue weighted by Gasteiger charge is 2.50. The summed E-state index contributed by atoms with van der Waals surface area (Å²) in [6.07, 6.45) is 6.65. The van der Waals surface area contributed by atoms with Crippen molar-refractivity contribution < 1.29 is 0 Å².